The molecular weight excluding hydrogens is 302 g/mol. The van der Waals surface area contributed by atoms with Crippen LogP contribution < -0.4 is 15.8 Å². The van der Waals surface area contributed by atoms with Gasteiger partial charge in [-0.1, -0.05) is 0 Å². The lowest BCUT2D eigenvalue weighted by molar-refractivity contribution is -0.117. The van der Waals surface area contributed by atoms with Crippen molar-refractivity contribution in [3.05, 3.63) is 24.3 Å². The number of hydrogen-bond donors (Lipinski definition) is 2. The Morgan fingerprint density at radius 1 is 1.45 bits per heavy atom. The van der Waals surface area contributed by atoms with E-state index in [9.17, 15) is 4.79 Å². The molecule has 1 aromatic carbocycles. The molecule has 1 saturated heterocycles. The Balaban J connectivity index is 0.00000242. The second-order valence-corrected chi connectivity index (χ2v) is 5.65. The van der Waals surface area contributed by atoms with E-state index in [0.29, 0.717) is 19.1 Å². The number of halogens is 1. The van der Waals surface area contributed by atoms with Gasteiger partial charge < -0.3 is 15.8 Å². The average Bonchev–Trinajstić information content (AvgIpc) is 2.90. The zero-order valence-corrected chi connectivity index (χ0v) is 14.1. The molecule has 3 N–H and O–H groups in total. The fourth-order valence-corrected chi connectivity index (χ4v) is 2.64. The van der Waals surface area contributed by atoms with Gasteiger partial charge in [0.1, 0.15) is 5.75 Å². The highest BCUT2D eigenvalue weighted by Gasteiger charge is 2.26. The van der Waals surface area contributed by atoms with Crippen LogP contribution in [0.1, 0.15) is 20.3 Å². The van der Waals surface area contributed by atoms with Crippen LogP contribution in [-0.4, -0.2) is 43.1 Å². The number of nitrogens with one attached hydrogen (secondary N) is 1. The summed E-state index contributed by atoms with van der Waals surface area (Å²) < 4.78 is 5.37. The van der Waals surface area contributed by atoms with Crippen LogP contribution in [0.5, 0.6) is 5.75 Å². The van der Waals surface area contributed by atoms with E-state index < -0.39 is 0 Å². The summed E-state index contributed by atoms with van der Waals surface area (Å²) in [5.74, 6) is 1.34. The van der Waals surface area contributed by atoms with Crippen LogP contribution in [0.2, 0.25) is 0 Å². The predicted octanol–water partition coefficient (Wildman–Crippen LogP) is 2.11. The molecule has 5 nitrogen and oxygen atoms in total. The minimum absolute atomic E-state index is 0. The molecule has 1 aliphatic rings. The van der Waals surface area contributed by atoms with E-state index in [2.05, 4.69) is 10.2 Å². The zero-order chi connectivity index (χ0) is 15.2. The standard InChI is InChI=1S/C16H25N3O2.ClH/c1-3-21-15-6-4-14(5-7-15)18-16(20)11-19-9-8-13(10-19)12(2)17;/h4-7,12-13H,3,8-11,17H2,1-2H3,(H,18,20);1H. The number of carbonyl (C=O) groups is 1. The third-order valence-electron chi connectivity index (χ3n) is 3.87. The lowest BCUT2D eigenvalue weighted by Crippen LogP contribution is -2.34. The van der Waals surface area contributed by atoms with Crippen LogP contribution in [0.4, 0.5) is 5.69 Å². The van der Waals surface area contributed by atoms with E-state index in [-0.39, 0.29) is 24.4 Å². The largest absolute Gasteiger partial charge is 0.494 e. The van der Waals surface area contributed by atoms with E-state index in [0.717, 1.165) is 30.9 Å². The van der Waals surface area contributed by atoms with Gasteiger partial charge in [0.25, 0.3) is 0 Å². The Hall–Kier alpha value is -1.30. The van der Waals surface area contributed by atoms with E-state index >= 15 is 0 Å². The molecule has 0 saturated carbocycles. The van der Waals surface area contributed by atoms with Crippen molar-refractivity contribution in [2.24, 2.45) is 11.7 Å². The Morgan fingerprint density at radius 3 is 2.68 bits per heavy atom. The van der Waals surface area contributed by atoms with Crippen molar-refractivity contribution in [2.45, 2.75) is 26.3 Å². The molecule has 0 radical (unpaired) electrons. The molecule has 1 aromatic rings. The maximum absolute atomic E-state index is 12.0. The van der Waals surface area contributed by atoms with Crippen molar-refractivity contribution in [3.63, 3.8) is 0 Å². The summed E-state index contributed by atoms with van der Waals surface area (Å²) in [5, 5.41) is 2.91. The summed E-state index contributed by atoms with van der Waals surface area (Å²) in [4.78, 5) is 14.2. The Bertz CT molecular complexity index is 465. The summed E-state index contributed by atoms with van der Waals surface area (Å²) in [6.45, 7) is 6.91. The highest BCUT2D eigenvalue weighted by molar-refractivity contribution is 5.92. The van der Waals surface area contributed by atoms with E-state index in [1.807, 2.05) is 38.1 Å². The zero-order valence-electron chi connectivity index (χ0n) is 13.2. The number of hydrogen-bond acceptors (Lipinski definition) is 4. The number of nitrogens with two attached hydrogens (primary N) is 1. The predicted molar refractivity (Wildman–Crippen MR) is 91.7 cm³/mol. The maximum atomic E-state index is 12.0. The van der Waals surface area contributed by atoms with Crippen molar-refractivity contribution < 1.29 is 9.53 Å². The molecule has 6 heteroatoms. The molecule has 22 heavy (non-hydrogen) atoms. The van der Waals surface area contributed by atoms with Crippen LogP contribution in [0.3, 0.4) is 0 Å². The Kier molecular flexibility index (Phi) is 7.65. The van der Waals surface area contributed by atoms with Crippen molar-refractivity contribution in [1.82, 2.24) is 4.90 Å². The smallest absolute Gasteiger partial charge is 0.238 e. The molecule has 0 bridgehead atoms. The first-order valence-corrected chi connectivity index (χ1v) is 7.59. The van der Waals surface area contributed by atoms with Gasteiger partial charge in [0, 0.05) is 18.3 Å². The molecule has 124 valence electrons. The fraction of sp³-hybridized carbons (Fsp3) is 0.562. The Labute approximate surface area is 138 Å². The summed E-state index contributed by atoms with van der Waals surface area (Å²) in [5.41, 5.74) is 6.71. The van der Waals surface area contributed by atoms with Crippen LogP contribution in [-0.2, 0) is 4.79 Å². The lowest BCUT2D eigenvalue weighted by atomic mass is 10.0. The van der Waals surface area contributed by atoms with E-state index in [1.54, 1.807) is 0 Å². The van der Waals surface area contributed by atoms with Crippen LogP contribution in [0.15, 0.2) is 24.3 Å². The molecule has 0 aliphatic carbocycles. The van der Waals surface area contributed by atoms with Crippen LogP contribution in [0.25, 0.3) is 0 Å². The van der Waals surface area contributed by atoms with Gasteiger partial charge >= 0.3 is 0 Å². The van der Waals surface area contributed by atoms with Crippen molar-refractivity contribution in [2.75, 3.05) is 31.6 Å². The van der Waals surface area contributed by atoms with Crippen LogP contribution >= 0.6 is 12.4 Å². The van der Waals surface area contributed by atoms with Gasteiger partial charge in [-0.2, -0.15) is 0 Å². The minimum Gasteiger partial charge on any atom is -0.494 e. The SMILES string of the molecule is CCOc1ccc(NC(=O)CN2CCC(C(C)N)C2)cc1.Cl. The molecule has 2 atom stereocenters. The number of amides is 1. The number of likely N-dealkylation sites (tertiary alicyclic amines) is 1. The van der Waals surface area contributed by atoms with Gasteiger partial charge in [-0.05, 0) is 57.0 Å². The topological polar surface area (TPSA) is 67.6 Å². The van der Waals surface area contributed by atoms with Gasteiger partial charge in [-0.15, -0.1) is 12.4 Å². The number of ether oxygens (including phenoxy) is 1. The molecule has 1 amide bonds. The third kappa shape index (κ3) is 5.48. The first-order chi connectivity index (χ1) is 10.1. The normalized spacial score (nSPS) is 19.3. The number of rotatable bonds is 6. The molecule has 2 rings (SSSR count). The van der Waals surface area contributed by atoms with Crippen molar-refractivity contribution >= 4 is 24.0 Å². The Morgan fingerprint density at radius 2 is 2.14 bits per heavy atom. The molecule has 1 fully saturated rings. The molecule has 0 spiro atoms. The second-order valence-electron chi connectivity index (χ2n) is 5.65. The number of carbonyl (C=O) groups excluding carboxylic acids is 1. The summed E-state index contributed by atoms with van der Waals surface area (Å²) >= 11 is 0. The highest BCUT2D eigenvalue weighted by atomic mass is 35.5. The molecule has 2 unspecified atom stereocenters. The first kappa shape index (κ1) is 18.7. The second kappa shape index (κ2) is 8.98. The molecule has 0 aromatic heterocycles. The quantitative estimate of drug-likeness (QED) is 0.839. The summed E-state index contributed by atoms with van der Waals surface area (Å²) in [6.07, 6.45) is 1.08. The number of benzene rings is 1. The van der Waals surface area contributed by atoms with E-state index in [4.69, 9.17) is 10.5 Å². The van der Waals surface area contributed by atoms with Gasteiger partial charge in [0.2, 0.25) is 5.91 Å². The molecular formula is C16H26ClN3O2. The van der Waals surface area contributed by atoms with Gasteiger partial charge in [-0.3, -0.25) is 9.69 Å². The summed E-state index contributed by atoms with van der Waals surface area (Å²) in [6, 6.07) is 7.64. The minimum atomic E-state index is 0. The van der Waals surface area contributed by atoms with Gasteiger partial charge in [-0.25, -0.2) is 0 Å². The number of anilines is 1. The van der Waals surface area contributed by atoms with Crippen molar-refractivity contribution in [3.8, 4) is 5.75 Å². The molecule has 1 heterocycles. The number of nitrogens with zero attached hydrogens (tertiary/aromatic N) is 1. The lowest BCUT2D eigenvalue weighted by Gasteiger charge is -2.17. The molecule has 1 aliphatic heterocycles. The average molecular weight is 328 g/mol. The highest BCUT2D eigenvalue weighted by Crippen LogP contribution is 2.19. The maximum Gasteiger partial charge on any atom is 0.238 e. The fourth-order valence-electron chi connectivity index (χ4n) is 2.64. The third-order valence-corrected chi connectivity index (χ3v) is 3.87. The van der Waals surface area contributed by atoms with Gasteiger partial charge in [0.15, 0.2) is 0 Å². The van der Waals surface area contributed by atoms with Gasteiger partial charge in [0.05, 0.1) is 13.2 Å². The summed E-state index contributed by atoms with van der Waals surface area (Å²) in [7, 11) is 0. The first-order valence-electron chi connectivity index (χ1n) is 7.59. The van der Waals surface area contributed by atoms with Crippen molar-refractivity contribution in [1.29, 1.82) is 0 Å². The monoisotopic (exact) mass is 327 g/mol. The van der Waals surface area contributed by atoms with Crippen LogP contribution in [0, 0.1) is 5.92 Å². The van der Waals surface area contributed by atoms with E-state index in [1.165, 1.54) is 0 Å².